The van der Waals surface area contributed by atoms with Crippen LogP contribution in [0.4, 0.5) is 10.8 Å². The van der Waals surface area contributed by atoms with Crippen molar-refractivity contribution in [2.75, 3.05) is 12.0 Å². The molecular formula is C22H17ClN2O2S. The Morgan fingerprint density at radius 1 is 1.07 bits per heavy atom. The molecule has 0 saturated heterocycles. The van der Waals surface area contributed by atoms with E-state index in [0.717, 1.165) is 15.8 Å². The molecule has 28 heavy (non-hydrogen) atoms. The molecule has 0 N–H and O–H groups in total. The summed E-state index contributed by atoms with van der Waals surface area (Å²) >= 11 is 7.67. The fraction of sp³-hybridized carbons (Fsp3) is 0.0909. The van der Waals surface area contributed by atoms with Crippen molar-refractivity contribution < 1.29 is 9.53 Å². The highest BCUT2D eigenvalue weighted by Crippen LogP contribution is 2.35. The maximum Gasteiger partial charge on any atom is 0.237 e. The molecule has 0 saturated carbocycles. The molecule has 0 atom stereocenters. The fourth-order valence-electron chi connectivity index (χ4n) is 3.02. The Balaban J connectivity index is 1.77. The molecule has 4 rings (SSSR count). The largest absolute Gasteiger partial charge is 0.496 e. The van der Waals surface area contributed by atoms with E-state index in [9.17, 15) is 4.79 Å². The number of fused-ring (bicyclic) bond motifs is 1. The summed E-state index contributed by atoms with van der Waals surface area (Å²) < 4.78 is 6.42. The number of halogens is 1. The number of ether oxygens (including phenoxy) is 1. The molecule has 0 bridgehead atoms. The van der Waals surface area contributed by atoms with Crippen LogP contribution in [0.3, 0.4) is 0 Å². The zero-order valence-electron chi connectivity index (χ0n) is 15.1. The first kappa shape index (κ1) is 18.5. The van der Waals surface area contributed by atoms with Crippen LogP contribution in [0.1, 0.15) is 5.56 Å². The molecule has 0 fully saturated rings. The Kier molecular flexibility index (Phi) is 5.28. The minimum atomic E-state index is -0.106. The number of thiazole rings is 1. The van der Waals surface area contributed by atoms with Gasteiger partial charge in [0.2, 0.25) is 5.91 Å². The number of methoxy groups -OCH3 is 1. The predicted octanol–water partition coefficient (Wildman–Crippen LogP) is 5.87. The molecule has 1 amide bonds. The van der Waals surface area contributed by atoms with Gasteiger partial charge in [-0.2, -0.15) is 0 Å². The van der Waals surface area contributed by atoms with Crippen molar-refractivity contribution in [3.63, 3.8) is 0 Å². The first-order chi connectivity index (χ1) is 13.7. The third-order valence-electron chi connectivity index (χ3n) is 4.32. The summed E-state index contributed by atoms with van der Waals surface area (Å²) in [6.07, 6.45) is 0.187. The van der Waals surface area contributed by atoms with E-state index >= 15 is 0 Å². The Hall–Kier alpha value is -2.89. The molecule has 0 radical (unpaired) electrons. The van der Waals surface area contributed by atoms with Crippen molar-refractivity contribution in [3.05, 3.63) is 83.4 Å². The number of hydrogen-bond donors (Lipinski definition) is 0. The summed E-state index contributed by atoms with van der Waals surface area (Å²) in [5.41, 5.74) is 2.37. The van der Waals surface area contributed by atoms with E-state index in [1.165, 1.54) is 11.3 Å². The van der Waals surface area contributed by atoms with Crippen LogP contribution in [0.2, 0.25) is 5.02 Å². The second-order valence-corrected chi connectivity index (χ2v) is 7.61. The molecular weight excluding hydrogens is 392 g/mol. The molecule has 6 heteroatoms. The lowest BCUT2D eigenvalue weighted by Crippen LogP contribution is -2.27. The molecule has 140 valence electrons. The molecule has 0 aliphatic heterocycles. The standard InChI is InChI=1S/C22H17ClN2O2S/c1-27-19-11-4-2-7-15(19)13-21(26)25(17-9-6-8-16(23)14-17)22-24-18-10-3-5-12-20(18)28-22/h2-12,14H,13H2,1H3. The van der Waals surface area contributed by atoms with E-state index in [0.29, 0.717) is 21.6 Å². The quantitative estimate of drug-likeness (QED) is 0.415. The zero-order valence-corrected chi connectivity index (χ0v) is 16.7. The van der Waals surface area contributed by atoms with Crippen molar-refractivity contribution in [1.82, 2.24) is 4.98 Å². The van der Waals surface area contributed by atoms with E-state index in [1.54, 1.807) is 24.1 Å². The SMILES string of the molecule is COc1ccccc1CC(=O)N(c1cccc(Cl)c1)c1nc2ccccc2s1. The van der Waals surface area contributed by atoms with Crippen LogP contribution < -0.4 is 9.64 Å². The minimum Gasteiger partial charge on any atom is -0.496 e. The average molecular weight is 409 g/mol. The van der Waals surface area contributed by atoms with Crippen molar-refractivity contribution in [3.8, 4) is 5.75 Å². The molecule has 0 aliphatic rings. The van der Waals surface area contributed by atoms with Gasteiger partial charge >= 0.3 is 0 Å². The van der Waals surface area contributed by atoms with Gasteiger partial charge in [-0.15, -0.1) is 0 Å². The maximum absolute atomic E-state index is 13.4. The topological polar surface area (TPSA) is 42.4 Å². The van der Waals surface area contributed by atoms with Gasteiger partial charge in [0.1, 0.15) is 5.75 Å². The summed E-state index contributed by atoms with van der Waals surface area (Å²) in [5, 5.41) is 1.18. The highest BCUT2D eigenvalue weighted by Gasteiger charge is 2.23. The van der Waals surface area contributed by atoms with Gasteiger partial charge < -0.3 is 4.74 Å². The van der Waals surface area contributed by atoms with E-state index < -0.39 is 0 Å². The Morgan fingerprint density at radius 3 is 2.64 bits per heavy atom. The van der Waals surface area contributed by atoms with E-state index in [1.807, 2.05) is 60.7 Å². The number of carbonyl (C=O) groups excluding carboxylic acids is 1. The summed E-state index contributed by atoms with van der Waals surface area (Å²) in [5.74, 6) is 0.581. The van der Waals surface area contributed by atoms with Crippen LogP contribution in [-0.2, 0) is 11.2 Å². The first-order valence-electron chi connectivity index (χ1n) is 8.71. The number of aromatic nitrogens is 1. The highest BCUT2D eigenvalue weighted by molar-refractivity contribution is 7.22. The number of carbonyl (C=O) groups is 1. The number of anilines is 2. The summed E-state index contributed by atoms with van der Waals surface area (Å²) in [7, 11) is 1.60. The molecule has 4 aromatic rings. The zero-order chi connectivity index (χ0) is 19.5. The van der Waals surface area contributed by atoms with Gasteiger partial charge in [0.05, 0.1) is 29.4 Å². The van der Waals surface area contributed by atoms with E-state index in [-0.39, 0.29) is 12.3 Å². The average Bonchev–Trinajstić information content (AvgIpc) is 3.12. The number of hydrogen-bond acceptors (Lipinski definition) is 4. The monoisotopic (exact) mass is 408 g/mol. The van der Waals surface area contributed by atoms with Crippen LogP contribution in [0.15, 0.2) is 72.8 Å². The molecule has 0 unspecified atom stereocenters. The van der Waals surface area contributed by atoms with Gasteiger partial charge in [0.15, 0.2) is 5.13 Å². The van der Waals surface area contributed by atoms with Gasteiger partial charge in [-0.05, 0) is 36.4 Å². The van der Waals surface area contributed by atoms with E-state index in [2.05, 4.69) is 4.98 Å². The lowest BCUT2D eigenvalue weighted by atomic mass is 10.1. The third-order valence-corrected chi connectivity index (χ3v) is 5.58. The summed E-state index contributed by atoms with van der Waals surface area (Å²) in [4.78, 5) is 19.7. The van der Waals surface area contributed by atoms with Gasteiger partial charge in [0, 0.05) is 10.6 Å². The lowest BCUT2D eigenvalue weighted by molar-refractivity contribution is -0.117. The van der Waals surface area contributed by atoms with Crippen molar-refractivity contribution in [2.24, 2.45) is 0 Å². The van der Waals surface area contributed by atoms with Crippen molar-refractivity contribution in [2.45, 2.75) is 6.42 Å². The molecule has 3 aromatic carbocycles. The maximum atomic E-state index is 13.4. The van der Waals surface area contributed by atoms with Gasteiger partial charge in [-0.3, -0.25) is 9.69 Å². The van der Waals surface area contributed by atoms with Gasteiger partial charge in [-0.1, -0.05) is 59.3 Å². The molecule has 1 heterocycles. The first-order valence-corrected chi connectivity index (χ1v) is 9.91. The second kappa shape index (κ2) is 8.00. The van der Waals surface area contributed by atoms with Crippen LogP contribution in [-0.4, -0.2) is 18.0 Å². The molecule has 1 aromatic heterocycles. The van der Waals surface area contributed by atoms with Crippen molar-refractivity contribution in [1.29, 1.82) is 0 Å². The second-order valence-electron chi connectivity index (χ2n) is 6.16. The van der Waals surface area contributed by atoms with Crippen molar-refractivity contribution >= 4 is 49.9 Å². The summed E-state index contributed by atoms with van der Waals surface area (Å²) in [6, 6.07) is 22.6. The fourth-order valence-corrected chi connectivity index (χ4v) is 4.21. The van der Waals surface area contributed by atoms with Crippen LogP contribution in [0.5, 0.6) is 5.75 Å². The molecule has 0 aliphatic carbocycles. The third kappa shape index (κ3) is 3.72. The predicted molar refractivity (Wildman–Crippen MR) is 115 cm³/mol. The summed E-state index contributed by atoms with van der Waals surface area (Å²) in [6.45, 7) is 0. The smallest absolute Gasteiger partial charge is 0.237 e. The number of amides is 1. The van der Waals surface area contributed by atoms with Crippen LogP contribution >= 0.6 is 22.9 Å². The lowest BCUT2D eigenvalue weighted by Gasteiger charge is -2.21. The van der Waals surface area contributed by atoms with E-state index in [4.69, 9.17) is 16.3 Å². The molecule has 0 spiro atoms. The minimum absolute atomic E-state index is 0.106. The van der Waals surface area contributed by atoms with Gasteiger partial charge in [-0.25, -0.2) is 4.98 Å². The Bertz CT molecular complexity index is 1110. The number of nitrogens with zero attached hydrogens (tertiary/aromatic N) is 2. The number of rotatable bonds is 5. The molecule has 4 nitrogen and oxygen atoms in total. The van der Waals surface area contributed by atoms with Crippen LogP contribution in [0.25, 0.3) is 10.2 Å². The number of para-hydroxylation sites is 2. The normalized spacial score (nSPS) is 10.8. The van der Waals surface area contributed by atoms with Gasteiger partial charge in [0.25, 0.3) is 0 Å². The number of benzene rings is 3. The van der Waals surface area contributed by atoms with Crippen LogP contribution in [0, 0.1) is 0 Å². The Labute approximate surface area is 172 Å². The Morgan fingerprint density at radius 2 is 1.86 bits per heavy atom. The highest BCUT2D eigenvalue weighted by atomic mass is 35.5.